The molecule has 27 heavy (non-hydrogen) atoms. The van der Waals surface area contributed by atoms with Crippen LogP contribution >= 0.6 is 0 Å². The van der Waals surface area contributed by atoms with Crippen LogP contribution in [0, 0.1) is 23.2 Å². The van der Waals surface area contributed by atoms with Crippen LogP contribution in [0.3, 0.4) is 0 Å². The van der Waals surface area contributed by atoms with Crippen molar-refractivity contribution in [2.24, 2.45) is 23.2 Å². The number of hydrogen-bond donors (Lipinski definition) is 4. The molecular weight excluding hydrogens is 342 g/mol. The number of hydrogen-bond acceptors (Lipinski definition) is 5. The Kier molecular flexibility index (Phi) is 6.44. The first-order valence-corrected chi connectivity index (χ1v) is 11.4. The van der Waals surface area contributed by atoms with Gasteiger partial charge in [0.1, 0.15) is 6.10 Å². The lowest BCUT2D eigenvalue weighted by Crippen LogP contribution is -2.59. The molecule has 156 valence electrons. The fourth-order valence-corrected chi connectivity index (χ4v) is 6.93. The number of unbranched alkanes of at least 4 members (excludes halogenated alkanes) is 3. The van der Waals surface area contributed by atoms with Crippen molar-refractivity contribution in [2.75, 3.05) is 19.8 Å². The molecule has 1 aliphatic heterocycles. The number of β-amino-alcohol motifs (C(OH)–C–C–N with tert-alkyl or cyclic N) is 1. The van der Waals surface area contributed by atoms with Crippen molar-refractivity contribution in [3.8, 4) is 0 Å². The van der Waals surface area contributed by atoms with E-state index in [2.05, 4.69) is 5.32 Å². The number of nitrogens with one attached hydrogen (secondary N) is 1. The molecule has 5 rings (SSSR count). The van der Waals surface area contributed by atoms with Crippen molar-refractivity contribution in [2.45, 2.75) is 95.0 Å². The fraction of sp³-hybridized carbons (Fsp3) is 1.00. The molecular formula is C22H39NO4. The van der Waals surface area contributed by atoms with Crippen molar-refractivity contribution in [1.82, 2.24) is 5.32 Å². The van der Waals surface area contributed by atoms with E-state index < -0.39 is 18.3 Å². The lowest BCUT2D eigenvalue weighted by molar-refractivity contribution is -0.0968. The summed E-state index contributed by atoms with van der Waals surface area (Å²) >= 11 is 0. The molecule has 0 aromatic rings. The smallest absolute Gasteiger partial charge is 0.108 e. The summed E-state index contributed by atoms with van der Waals surface area (Å²) in [4.78, 5) is 0. The minimum Gasteiger partial charge on any atom is -0.389 e. The Morgan fingerprint density at radius 2 is 1.44 bits per heavy atom. The van der Waals surface area contributed by atoms with Gasteiger partial charge < -0.3 is 25.4 Å². The van der Waals surface area contributed by atoms with Gasteiger partial charge in [-0.3, -0.25) is 0 Å². The molecule has 5 nitrogen and oxygen atoms in total. The van der Waals surface area contributed by atoms with Gasteiger partial charge in [0.2, 0.25) is 0 Å². The molecule has 0 aromatic heterocycles. The highest BCUT2D eigenvalue weighted by atomic mass is 16.5. The maximum absolute atomic E-state index is 10.0. The predicted octanol–water partition coefficient (Wildman–Crippen LogP) is 2.22. The van der Waals surface area contributed by atoms with Crippen LogP contribution < -0.4 is 5.32 Å². The summed E-state index contributed by atoms with van der Waals surface area (Å²) in [5, 5.41) is 32.4. The summed E-state index contributed by atoms with van der Waals surface area (Å²) in [7, 11) is 0. The molecule has 4 saturated carbocycles. The molecule has 4 atom stereocenters. The predicted molar refractivity (Wildman–Crippen MR) is 104 cm³/mol. The summed E-state index contributed by atoms with van der Waals surface area (Å²) in [6, 6.07) is -0.101. The van der Waals surface area contributed by atoms with Gasteiger partial charge in [0.25, 0.3) is 0 Å². The number of rotatable bonds is 9. The Balaban J connectivity index is 1.05. The number of piperidine rings is 1. The lowest BCUT2D eigenvalue weighted by atomic mass is 9.50. The Labute approximate surface area is 163 Å². The molecule has 0 radical (unpaired) electrons. The van der Waals surface area contributed by atoms with Gasteiger partial charge in [0.05, 0.1) is 18.8 Å². The van der Waals surface area contributed by atoms with Crippen LogP contribution in [0.25, 0.3) is 0 Å². The van der Waals surface area contributed by atoms with Gasteiger partial charge >= 0.3 is 0 Å². The highest BCUT2D eigenvalue weighted by Gasteiger charge is 2.50. The van der Waals surface area contributed by atoms with E-state index in [1.807, 2.05) is 0 Å². The third-order valence-electron chi connectivity index (χ3n) is 7.87. The minimum atomic E-state index is -1.02. The number of aliphatic hydroxyl groups is 3. The van der Waals surface area contributed by atoms with Gasteiger partial charge in [0.15, 0.2) is 0 Å². The van der Waals surface area contributed by atoms with E-state index in [1.165, 1.54) is 38.5 Å². The van der Waals surface area contributed by atoms with Crippen LogP contribution in [-0.4, -0.2) is 59.4 Å². The average molecular weight is 382 g/mol. The van der Waals surface area contributed by atoms with Crippen molar-refractivity contribution in [1.29, 1.82) is 0 Å². The van der Waals surface area contributed by atoms with Crippen LogP contribution in [0.1, 0.15) is 70.6 Å². The summed E-state index contributed by atoms with van der Waals surface area (Å²) in [5.74, 6) is 3.01. The average Bonchev–Trinajstić information content (AvgIpc) is 2.62. The summed E-state index contributed by atoms with van der Waals surface area (Å²) in [5.41, 5.74) is 0.531. The minimum absolute atomic E-state index is 0.101. The van der Waals surface area contributed by atoms with Crippen molar-refractivity contribution in [3.05, 3.63) is 0 Å². The third kappa shape index (κ3) is 4.69. The first-order chi connectivity index (χ1) is 13.0. The molecule has 0 aromatic carbocycles. The molecule has 5 heteroatoms. The topological polar surface area (TPSA) is 82.0 Å². The van der Waals surface area contributed by atoms with Crippen LogP contribution in [0.15, 0.2) is 0 Å². The van der Waals surface area contributed by atoms with E-state index in [0.717, 1.165) is 63.1 Å². The Morgan fingerprint density at radius 1 is 0.815 bits per heavy atom. The van der Waals surface area contributed by atoms with Crippen molar-refractivity contribution in [3.63, 3.8) is 0 Å². The molecule has 4 aliphatic carbocycles. The molecule has 0 amide bonds. The van der Waals surface area contributed by atoms with Gasteiger partial charge in [0, 0.05) is 19.2 Å². The summed E-state index contributed by atoms with van der Waals surface area (Å²) in [6.45, 7) is 2.24. The SMILES string of the molecule is O[C@@H]1[C@@H](O)[C@@H](CCCCCCOCC23CC4CC(CC(C4)C2)C3)NC[C@H]1O. The zero-order valence-electron chi connectivity index (χ0n) is 16.7. The van der Waals surface area contributed by atoms with Gasteiger partial charge in [-0.15, -0.1) is 0 Å². The Bertz CT molecular complexity index is 450. The maximum atomic E-state index is 10.0. The van der Waals surface area contributed by atoms with Crippen molar-refractivity contribution < 1.29 is 20.1 Å². The molecule has 4 N–H and O–H groups in total. The second kappa shape index (κ2) is 8.66. The third-order valence-corrected chi connectivity index (χ3v) is 7.87. The monoisotopic (exact) mass is 381 g/mol. The highest BCUT2D eigenvalue weighted by molar-refractivity contribution is 5.01. The highest BCUT2D eigenvalue weighted by Crippen LogP contribution is 2.60. The van der Waals surface area contributed by atoms with E-state index in [0.29, 0.717) is 12.0 Å². The maximum Gasteiger partial charge on any atom is 0.108 e. The lowest BCUT2D eigenvalue weighted by Gasteiger charge is -2.56. The first kappa shape index (κ1) is 20.1. The van der Waals surface area contributed by atoms with Crippen LogP contribution in [0.4, 0.5) is 0 Å². The van der Waals surface area contributed by atoms with Crippen LogP contribution in [0.5, 0.6) is 0 Å². The molecule has 0 spiro atoms. The largest absolute Gasteiger partial charge is 0.389 e. The number of ether oxygens (including phenoxy) is 1. The molecule has 4 bridgehead atoms. The molecule has 5 fully saturated rings. The van der Waals surface area contributed by atoms with Gasteiger partial charge in [-0.05, 0) is 74.5 Å². The normalized spacial score (nSPS) is 46.1. The standard InChI is InChI=1S/C22H39NO4/c24-19-13-23-18(20(25)21(19)26)5-3-1-2-4-6-27-14-22-10-15-7-16(11-22)9-17(8-15)12-22/h15-21,23-26H,1-14H2/t15?,16?,17?,18-,19-,20+,21+,22?/m1/s1. The quantitative estimate of drug-likeness (QED) is 0.461. The van der Waals surface area contributed by atoms with Crippen LogP contribution in [0.2, 0.25) is 0 Å². The van der Waals surface area contributed by atoms with E-state index in [4.69, 9.17) is 4.74 Å². The first-order valence-electron chi connectivity index (χ1n) is 11.4. The van der Waals surface area contributed by atoms with Crippen molar-refractivity contribution >= 4 is 0 Å². The number of aliphatic hydroxyl groups excluding tert-OH is 3. The van der Waals surface area contributed by atoms with Gasteiger partial charge in [-0.2, -0.15) is 0 Å². The molecule has 0 unspecified atom stereocenters. The Morgan fingerprint density at radius 3 is 2.11 bits per heavy atom. The molecule has 5 aliphatic rings. The molecule has 1 saturated heterocycles. The van der Waals surface area contributed by atoms with Crippen LogP contribution in [-0.2, 0) is 4.74 Å². The van der Waals surface area contributed by atoms with Gasteiger partial charge in [-0.25, -0.2) is 0 Å². The van der Waals surface area contributed by atoms with E-state index >= 15 is 0 Å². The molecule has 1 heterocycles. The zero-order valence-corrected chi connectivity index (χ0v) is 16.7. The van der Waals surface area contributed by atoms with E-state index in [1.54, 1.807) is 0 Å². The Hall–Kier alpha value is -0.200. The van der Waals surface area contributed by atoms with E-state index in [9.17, 15) is 15.3 Å². The van der Waals surface area contributed by atoms with E-state index in [-0.39, 0.29) is 6.04 Å². The summed E-state index contributed by atoms with van der Waals surface area (Å²) in [6.07, 6.45) is 11.3. The zero-order chi connectivity index (χ0) is 18.9. The van der Waals surface area contributed by atoms with Gasteiger partial charge in [-0.1, -0.05) is 19.3 Å². The fourth-order valence-electron chi connectivity index (χ4n) is 6.93. The summed E-state index contributed by atoms with van der Waals surface area (Å²) < 4.78 is 6.14. The second-order valence-electron chi connectivity index (χ2n) is 10.2. The second-order valence-corrected chi connectivity index (χ2v) is 10.2.